The van der Waals surface area contributed by atoms with E-state index in [-0.39, 0.29) is 0 Å². The van der Waals surface area contributed by atoms with Gasteiger partial charge in [0, 0.05) is 0 Å². The number of hydrogen-bond acceptors (Lipinski definition) is 1. The van der Waals surface area contributed by atoms with Crippen LogP contribution in [-0.4, -0.2) is 6.54 Å². The van der Waals surface area contributed by atoms with Crippen molar-refractivity contribution in [2.45, 2.75) is 33.1 Å². The molecule has 0 radical (unpaired) electrons. The molecule has 1 atom stereocenters. The molecule has 0 spiro atoms. The molecule has 8 heavy (non-hydrogen) atoms. The van der Waals surface area contributed by atoms with Crippen LogP contribution in [0.1, 0.15) is 33.1 Å². The van der Waals surface area contributed by atoms with Crippen molar-refractivity contribution in [1.29, 1.82) is 0 Å². The Balaban J connectivity index is 3.07. The van der Waals surface area contributed by atoms with E-state index in [1.807, 2.05) is 0 Å². The van der Waals surface area contributed by atoms with E-state index in [1.165, 1.54) is 19.3 Å². The van der Waals surface area contributed by atoms with Gasteiger partial charge in [0.1, 0.15) is 0 Å². The molecule has 0 saturated heterocycles. The summed E-state index contributed by atoms with van der Waals surface area (Å²) in [6.45, 7) is 5.27. The molecule has 1 unspecified atom stereocenters. The van der Waals surface area contributed by atoms with Crippen LogP contribution < -0.4 is 5.73 Å². The van der Waals surface area contributed by atoms with Gasteiger partial charge >= 0.3 is 0 Å². The lowest BCUT2D eigenvalue weighted by molar-refractivity contribution is 0.475. The average molecular weight is 115 g/mol. The summed E-state index contributed by atoms with van der Waals surface area (Å²) in [5, 5.41) is 0. The van der Waals surface area contributed by atoms with Crippen molar-refractivity contribution in [2.24, 2.45) is 11.7 Å². The van der Waals surface area contributed by atoms with Crippen LogP contribution in [0.3, 0.4) is 0 Å². The molecule has 2 N–H and O–H groups in total. The molecular formula is C7H17N. The maximum absolute atomic E-state index is 5.47. The highest BCUT2D eigenvalue weighted by Crippen LogP contribution is 2.07. The zero-order chi connectivity index (χ0) is 6.41. The molecule has 0 aromatic carbocycles. The molecule has 0 bridgehead atoms. The van der Waals surface area contributed by atoms with E-state index in [4.69, 9.17) is 5.73 Å². The Morgan fingerprint density at radius 3 is 2.12 bits per heavy atom. The third-order valence-corrected chi connectivity index (χ3v) is 1.61. The first-order valence-electron chi connectivity index (χ1n) is 3.55. The van der Waals surface area contributed by atoms with Crippen molar-refractivity contribution in [3.05, 3.63) is 0 Å². The fourth-order valence-electron chi connectivity index (χ4n) is 0.897. The fourth-order valence-corrected chi connectivity index (χ4v) is 0.897. The zero-order valence-corrected chi connectivity index (χ0v) is 5.98. The Morgan fingerprint density at radius 2 is 2.00 bits per heavy atom. The van der Waals surface area contributed by atoms with Crippen LogP contribution >= 0.6 is 0 Å². The van der Waals surface area contributed by atoms with Crippen LogP contribution in [0.25, 0.3) is 0 Å². The van der Waals surface area contributed by atoms with Gasteiger partial charge in [-0.1, -0.05) is 26.7 Å². The molecule has 0 amide bonds. The molecule has 0 heterocycles. The van der Waals surface area contributed by atoms with Gasteiger partial charge in [-0.2, -0.15) is 0 Å². The largest absolute Gasteiger partial charge is 0.330 e. The van der Waals surface area contributed by atoms with Crippen molar-refractivity contribution in [1.82, 2.24) is 0 Å². The zero-order valence-electron chi connectivity index (χ0n) is 5.98. The molecular weight excluding hydrogens is 98.1 g/mol. The first kappa shape index (κ1) is 7.96. The fraction of sp³-hybridized carbons (Fsp3) is 1.00. The van der Waals surface area contributed by atoms with Crippen molar-refractivity contribution < 1.29 is 0 Å². The van der Waals surface area contributed by atoms with Crippen LogP contribution in [0.15, 0.2) is 0 Å². The van der Waals surface area contributed by atoms with Crippen LogP contribution in [-0.2, 0) is 0 Å². The monoisotopic (exact) mass is 115 g/mol. The highest BCUT2D eigenvalue weighted by Gasteiger charge is 1.99. The summed E-state index contributed by atoms with van der Waals surface area (Å²) in [5.74, 6) is 0.778. The van der Waals surface area contributed by atoms with Crippen molar-refractivity contribution in [3.63, 3.8) is 0 Å². The topological polar surface area (TPSA) is 26.0 Å². The Labute approximate surface area is 52.3 Å². The van der Waals surface area contributed by atoms with Gasteiger partial charge in [-0.25, -0.2) is 0 Å². The lowest BCUT2D eigenvalue weighted by atomic mass is 10.0. The first-order chi connectivity index (χ1) is 3.85. The summed E-state index contributed by atoms with van der Waals surface area (Å²) in [6.07, 6.45) is 3.81. The molecule has 50 valence electrons. The maximum atomic E-state index is 5.47. The highest BCUT2D eigenvalue weighted by atomic mass is 14.5. The predicted molar refractivity (Wildman–Crippen MR) is 37.7 cm³/mol. The van der Waals surface area contributed by atoms with Gasteiger partial charge in [0.15, 0.2) is 0 Å². The smallest absolute Gasteiger partial charge is 0.00490 e. The van der Waals surface area contributed by atoms with Gasteiger partial charge in [-0.3, -0.25) is 0 Å². The van der Waals surface area contributed by atoms with Gasteiger partial charge in [0.05, 0.1) is 0 Å². The van der Waals surface area contributed by atoms with Crippen LogP contribution in [0.4, 0.5) is 0 Å². The molecule has 0 aromatic heterocycles. The van der Waals surface area contributed by atoms with Crippen molar-refractivity contribution in [3.8, 4) is 0 Å². The van der Waals surface area contributed by atoms with E-state index >= 15 is 0 Å². The summed E-state index contributed by atoms with van der Waals surface area (Å²) in [4.78, 5) is 0. The van der Waals surface area contributed by atoms with E-state index < -0.39 is 0 Å². The summed E-state index contributed by atoms with van der Waals surface area (Å²) in [6, 6.07) is 0. The lowest BCUT2D eigenvalue weighted by Gasteiger charge is -2.08. The van der Waals surface area contributed by atoms with Crippen LogP contribution in [0.5, 0.6) is 0 Å². The molecule has 1 heteroatoms. The summed E-state index contributed by atoms with van der Waals surface area (Å²) in [7, 11) is 0. The van der Waals surface area contributed by atoms with Gasteiger partial charge in [-0.15, -0.1) is 0 Å². The molecule has 0 aliphatic heterocycles. The average Bonchev–Trinajstić information content (AvgIpc) is 1.83. The Kier molecular flexibility index (Phi) is 5.08. The summed E-state index contributed by atoms with van der Waals surface area (Å²) < 4.78 is 0. The van der Waals surface area contributed by atoms with E-state index in [1.54, 1.807) is 0 Å². The first-order valence-corrected chi connectivity index (χ1v) is 3.55. The minimum Gasteiger partial charge on any atom is -0.330 e. The van der Waals surface area contributed by atoms with Gasteiger partial charge in [0.2, 0.25) is 0 Å². The normalized spacial score (nSPS) is 13.9. The third-order valence-electron chi connectivity index (χ3n) is 1.61. The number of nitrogens with two attached hydrogens (primary N) is 1. The molecule has 0 rings (SSSR count). The Bertz CT molecular complexity index is 39.7. The van der Waals surface area contributed by atoms with E-state index in [9.17, 15) is 0 Å². The lowest BCUT2D eigenvalue weighted by Crippen LogP contribution is -2.12. The van der Waals surface area contributed by atoms with Crippen LogP contribution in [0, 0.1) is 5.92 Å². The molecule has 0 aliphatic carbocycles. The molecule has 0 aromatic rings. The second-order valence-electron chi connectivity index (χ2n) is 2.30. The van der Waals surface area contributed by atoms with Crippen LogP contribution in [0.2, 0.25) is 0 Å². The molecule has 0 aliphatic rings. The third kappa shape index (κ3) is 3.03. The summed E-state index contributed by atoms with van der Waals surface area (Å²) >= 11 is 0. The molecule has 1 nitrogen and oxygen atoms in total. The minimum atomic E-state index is 0.778. The number of hydrogen-bond donors (Lipinski definition) is 1. The van der Waals surface area contributed by atoms with Gasteiger partial charge in [-0.05, 0) is 18.9 Å². The predicted octanol–water partition coefficient (Wildman–Crippen LogP) is 1.77. The second kappa shape index (κ2) is 5.10. The highest BCUT2D eigenvalue weighted by molar-refractivity contribution is 4.54. The number of rotatable bonds is 4. The minimum absolute atomic E-state index is 0.778. The Hall–Kier alpha value is -0.0400. The van der Waals surface area contributed by atoms with Crippen molar-refractivity contribution in [2.75, 3.05) is 6.54 Å². The maximum Gasteiger partial charge on any atom is -0.00490 e. The SMILES string of the molecule is CCCC(CC)CN. The molecule has 0 fully saturated rings. The van der Waals surface area contributed by atoms with Crippen molar-refractivity contribution >= 4 is 0 Å². The molecule has 0 saturated carbocycles. The second-order valence-corrected chi connectivity index (χ2v) is 2.30. The van der Waals surface area contributed by atoms with Gasteiger partial charge in [0.25, 0.3) is 0 Å². The van der Waals surface area contributed by atoms with Gasteiger partial charge < -0.3 is 5.73 Å². The van der Waals surface area contributed by atoms with E-state index in [0.29, 0.717) is 0 Å². The Morgan fingerprint density at radius 1 is 1.38 bits per heavy atom. The summed E-state index contributed by atoms with van der Waals surface area (Å²) in [5.41, 5.74) is 5.47. The van der Waals surface area contributed by atoms with E-state index in [0.717, 1.165) is 12.5 Å². The standard InChI is InChI=1S/C7H17N/c1-3-5-7(4-2)6-8/h7H,3-6,8H2,1-2H3. The van der Waals surface area contributed by atoms with E-state index in [2.05, 4.69) is 13.8 Å². The quantitative estimate of drug-likeness (QED) is 0.593.